The molecule has 134 valence electrons. The molecule has 3 aromatic rings. The third-order valence-electron chi connectivity index (χ3n) is 4.53. The molecule has 0 aromatic heterocycles. The summed E-state index contributed by atoms with van der Waals surface area (Å²) in [6.07, 6.45) is 0. The first-order valence-corrected chi connectivity index (χ1v) is 12.0. The van der Waals surface area contributed by atoms with E-state index in [1.807, 2.05) is 50.8 Å². The van der Waals surface area contributed by atoms with Crippen molar-refractivity contribution in [3.63, 3.8) is 0 Å². The summed E-state index contributed by atoms with van der Waals surface area (Å²) >= 11 is 0. The van der Waals surface area contributed by atoms with Crippen LogP contribution >= 0.6 is 0 Å². The lowest BCUT2D eigenvalue weighted by Crippen LogP contribution is -2.40. The lowest BCUT2D eigenvalue weighted by atomic mass is 9.98. The van der Waals surface area contributed by atoms with Crippen LogP contribution in [0.4, 0.5) is 13.2 Å². The monoisotopic (exact) mass is 370 g/mol. The van der Waals surface area contributed by atoms with E-state index in [0.29, 0.717) is 10.8 Å². The zero-order valence-electron chi connectivity index (χ0n) is 15.3. The molecule has 0 nitrogen and oxygen atoms in total. The minimum absolute atomic E-state index is 0.0440. The van der Waals surface area contributed by atoms with Crippen LogP contribution in [0, 0.1) is 24.4 Å². The van der Waals surface area contributed by atoms with Crippen molar-refractivity contribution >= 4 is 13.3 Å². The van der Waals surface area contributed by atoms with Crippen molar-refractivity contribution in [3.05, 3.63) is 77.6 Å². The third-order valence-corrected chi connectivity index (χ3v) is 6.54. The Kier molecular flexibility index (Phi) is 4.80. The van der Waals surface area contributed by atoms with Crippen LogP contribution in [0.2, 0.25) is 19.6 Å². The molecule has 0 heterocycles. The largest absolute Gasteiger partial charge is 0.206 e. The molecule has 0 amide bonds. The van der Waals surface area contributed by atoms with Gasteiger partial charge in [0.1, 0.15) is 5.82 Å². The van der Waals surface area contributed by atoms with Gasteiger partial charge in [0.2, 0.25) is 0 Å². The van der Waals surface area contributed by atoms with E-state index in [2.05, 4.69) is 0 Å². The minimum Gasteiger partial charge on any atom is -0.206 e. The Balaban J connectivity index is 2.06. The number of benzene rings is 3. The van der Waals surface area contributed by atoms with Crippen molar-refractivity contribution in [1.29, 1.82) is 0 Å². The zero-order valence-corrected chi connectivity index (χ0v) is 16.3. The second kappa shape index (κ2) is 6.76. The normalized spacial score (nSPS) is 11.7. The van der Waals surface area contributed by atoms with Gasteiger partial charge in [0.05, 0.1) is 8.07 Å². The Labute approximate surface area is 153 Å². The summed E-state index contributed by atoms with van der Waals surface area (Å²) in [5.74, 6) is -2.40. The molecule has 0 fully saturated rings. The first-order valence-electron chi connectivity index (χ1n) is 8.54. The summed E-state index contributed by atoms with van der Waals surface area (Å²) in [5, 5.41) is 0.412. The van der Waals surface area contributed by atoms with Crippen molar-refractivity contribution < 1.29 is 13.2 Å². The first kappa shape index (κ1) is 18.5. The molecular weight excluding hydrogens is 349 g/mol. The highest BCUT2D eigenvalue weighted by Crippen LogP contribution is 2.30. The van der Waals surface area contributed by atoms with Gasteiger partial charge in [-0.25, -0.2) is 13.2 Å². The smallest absolute Gasteiger partial charge is 0.166 e. The van der Waals surface area contributed by atoms with E-state index in [9.17, 15) is 13.2 Å². The maximum Gasteiger partial charge on any atom is 0.166 e. The van der Waals surface area contributed by atoms with Crippen LogP contribution in [0.15, 0.2) is 54.6 Å². The summed E-state index contributed by atoms with van der Waals surface area (Å²) in [6, 6.07) is 15.4. The molecule has 26 heavy (non-hydrogen) atoms. The van der Waals surface area contributed by atoms with Gasteiger partial charge in [-0.2, -0.15) is 0 Å². The van der Waals surface area contributed by atoms with Crippen LogP contribution in [0.25, 0.3) is 22.3 Å². The Morgan fingerprint density at radius 2 is 1.23 bits per heavy atom. The molecule has 0 unspecified atom stereocenters. The molecule has 0 saturated heterocycles. The van der Waals surface area contributed by atoms with Crippen LogP contribution in [-0.4, -0.2) is 8.07 Å². The highest BCUT2D eigenvalue weighted by molar-refractivity contribution is 6.88. The van der Waals surface area contributed by atoms with Crippen molar-refractivity contribution in [2.75, 3.05) is 0 Å². The van der Waals surface area contributed by atoms with Crippen LogP contribution in [-0.2, 0) is 0 Å². The fourth-order valence-electron chi connectivity index (χ4n) is 3.00. The summed E-state index contributed by atoms with van der Waals surface area (Å²) in [4.78, 5) is 0. The van der Waals surface area contributed by atoms with Crippen LogP contribution in [0.3, 0.4) is 0 Å². The summed E-state index contributed by atoms with van der Waals surface area (Å²) < 4.78 is 43.8. The molecule has 0 bridgehead atoms. The Bertz CT molecular complexity index is 954. The summed E-state index contributed by atoms with van der Waals surface area (Å²) in [7, 11) is -2.01. The number of aryl methyl sites for hydroxylation is 1. The van der Waals surface area contributed by atoms with Crippen molar-refractivity contribution in [1.82, 2.24) is 0 Å². The molecule has 0 aliphatic rings. The Morgan fingerprint density at radius 1 is 0.654 bits per heavy atom. The Morgan fingerprint density at radius 3 is 1.81 bits per heavy atom. The van der Waals surface area contributed by atoms with Crippen LogP contribution in [0.1, 0.15) is 5.56 Å². The van der Waals surface area contributed by atoms with Crippen molar-refractivity contribution in [2.45, 2.75) is 26.6 Å². The average Bonchev–Trinajstić information content (AvgIpc) is 2.57. The van der Waals surface area contributed by atoms with E-state index < -0.39 is 25.5 Å². The van der Waals surface area contributed by atoms with Gasteiger partial charge in [0.25, 0.3) is 0 Å². The van der Waals surface area contributed by atoms with Crippen molar-refractivity contribution in [3.8, 4) is 22.3 Å². The highest BCUT2D eigenvalue weighted by atomic mass is 28.3. The van der Waals surface area contributed by atoms with Gasteiger partial charge in [0, 0.05) is 11.1 Å². The standard InChI is InChI=1S/C22H21F3Si/c1-14-5-7-15(8-6-14)16-9-10-17(19(23)13-16)18-11-12-20(26(2,3)4)22(25)21(18)24/h5-13H,1-4H3. The SMILES string of the molecule is Cc1ccc(-c2ccc(-c3ccc([Si](C)(C)C)c(F)c3F)c(F)c2)cc1. The van der Waals surface area contributed by atoms with Gasteiger partial charge in [-0.15, -0.1) is 0 Å². The van der Waals surface area contributed by atoms with Crippen LogP contribution < -0.4 is 5.19 Å². The number of halogens is 3. The van der Waals surface area contributed by atoms with Gasteiger partial charge in [-0.1, -0.05) is 73.7 Å². The third kappa shape index (κ3) is 3.47. The quantitative estimate of drug-likeness (QED) is 0.475. The molecule has 0 saturated carbocycles. The van der Waals surface area contributed by atoms with Crippen LogP contribution in [0.5, 0.6) is 0 Å². The van der Waals surface area contributed by atoms with Gasteiger partial charge < -0.3 is 0 Å². The molecule has 0 atom stereocenters. The fraction of sp³-hybridized carbons (Fsp3) is 0.182. The molecule has 4 heteroatoms. The van der Waals surface area contributed by atoms with Gasteiger partial charge in [0.15, 0.2) is 11.6 Å². The van der Waals surface area contributed by atoms with E-state index in [1.54, 1.807) is 12.1 Å². The molecule has 0 N–H and O–H groups in total. The highest BCUT2D eigenvalue weighted by Gasteiger charge is 2.25. The topological polar surface area (TPSA) is 0 Å². The molecule has 0 spiro atoms. The van der Waals surface area contributed by atoms with E-state index in [4.69, 9.17) is 0 Å². The molecule has 3 rings (SSSR count). The number of hydrogen-bond acceptors (Lipinski definition) is 0. The predicted molar refractivity (Wildman–Crippen MR) is 105 cm³/mol. The molecule has 0 aliphatic heterocycles. The van der Waals surface area contributed by atoms with Gasteiger partial charge in [-0.3, -0.25) is 0 Å². The molecule has 0 radical (unpaired) electrons. The first-order chi connectivity index (χ1) is 12.2. The number of rotatable bonds is 3. The predicted octanol–water partition coefficient (Wildman–Crippen LogP) is 6.29. The van der Waals surface area contributed by atoms with Crippen molar-refractivity contribution in [2.24, 2.45) is 0 Å². The molecule has 3 aromatic carbocycles. The molecule has 0 aliphatic carbocycles. The second-order valence-electron chi connectivity index (χ2n) is 7.60. The van der Waals surface area contributed by atoms with E-state index in [-0.39, 0.29) is 11.1 Å². The maximum absolute atomic E-state index is 14.7. The molecular formula is C22H21F3Si. The fourth-order valence-corrected chi connectivity index (χ4v) is 4.35. The lowest BCUT2D eigenvalue weighted by molar-refractivity contribution is 0.515. The van der Waals surface area contributed by atoms with E-state index in [0.717, 1.165) is 11.1 Å². The van der Waals surface area contributed by atoms with Gasteiger partial charge >= 0.3 is 0 Å². The Hall–Kier alpha value is -2.33. The lowest BCUT2D eigenvalue weighted by Gasteiger charge is -2.19. The maximum atomic E-state index is 14.7. The second-order valence-corrected chi connectivity index (χ2v) is 12.6. The minimum atomic E-state index is -2.01. The average molecular weight is 370 g/mol. The van der Waals surface area contributed by atoms with Gasteiger partial charge in [-0.05, 0) is 29.3 Å². The summed E-state index contributed by atoms with van der Waals surface area (Å²) in [5.41, 5.74) is 2.72. The summed E-state index contributed by atoms with van der Waals surface area (Å²) in [6.45, 7) is 7.82. The number of hydrogen-bond donors (Lipinski definition) is 0. The van der Waals surface area contributed by atoms with E-state index >= 15 is 0 Å². The zero-order chi connectivity index (χ0) is 19.1. The van der Waals surface area contributed by atoms with E-state index in [1.165, 1.54) is 18.2 Å².